The van der Waals surface area contributed by atoms with E-state index in [1.54, 1.807) is 0 Å². The largest absolute Gasteiger partial charge is 0.379 e. The van der Waals surface area contributed by atoms with Gasteiger partial charge in [-0.1, -0.05) is 6.92 Å². The number of ether oxygens (including phenoxy) is 1. The number of nitrogens with zero attached hydrogens (tertiary/aromatic N) is 2. The molecule has 2 fully saturated rings. The number of aromatic amines is 1. The van der Waals surface area contributed by atoms with Crippen LogP contribution in [0.2, 0.25) is 0 Å². The van der Waals surface area contributed by atoms with Crippen LogP contribution < -0.4 is 0 Å². The van der Waals surface area contributed by atoms with Gasteiger partial charge in [0.1, 0.15) is 10.6 Å². The van der Waals surface area contributed by atoms with Crippen molar-refractivity contribution >= 4 is 15.9 Å². The Balaban J connectivity index is 1.73. The topological polar surface area (TPSA) is 82.7 Å². The number of aromatic nitrogens is 1. The van der Waals surface area contributed by atoms with Crippen LogP contribution in [0.15, 0.2) is 17.2 Å². The minimum atomic E-state index is -3.57. The zero-order valence-electron chi connectivity index (χ0n) is 14.0. The number of nitrogens with one attached hydrogen (secondary N) is 1. The smallest absolute Gasteiger partial charge is 0.270 e. The monoisotopic (exact) mass is 355 g/mol. The first-order valence-corrected chi connectivity index (χ1v) is 9.98. The maximum Gasteiger partial charge on any atom is 0.270 e. The molecule has 0 spiro atoms. The van der Waals surface area contributed by atoms with Crippen molar-refractivity contribution in [3.05, 3.63) is 18.0 Å². The molecule has 8 heteroatoms. The zero-order valence-corrected chi connectivity index (χ0v) is 14.8. The fourth-order valence-corrected chi connectivity index (χ4v) is 4.62. The molecule has 1 N–H and O–H groups in total. The molecule has 3 heterocycles. The number of rotatable bonds is 3. The third-order valence-corrected chi connectivity index (χ3v) is 6.68. The Morgan fingerprint density at radius 3 is 2.71 bits per heavy atom. The van der Waals surface area contributed by atoms with Gasteiger partial charge in [-0.15, -0.1) is 0 Å². The van der Waals surface area contributed by atoms with Gasteiger partial charge in [-0.3, -0.25) is 4.79 Å². The van der Waals surface area contributed by atoms with Crippen molar-refractivity contribution in [1.82, 2.24) is 14.2 Å². The second-order valence-electron chi connectivity index (χ2n) is 6.59. The second kappa shape index (κ2) is 7.25. The number of hydrogen-bond acceptors (Lipinski definition) is 4. The average Bonchev–Trinajstić information content (AvgIpc) is 2.99. The molecule has 0 aromatic carbocycles. The lowest BCUT2D eigenvalue weighted by Gasteiger charge is -2.25. The Morgan fingerprint density at radius 2 is 1.96 bits per heavy atom. The van der Waals surface area contributed by atoms with Crippen molar-refractivity contribution in [2.45, 2.75) is 31.1 Å². The van der Waals surface area contributed by atoms with E-state index < -0.39 is 10.0 Å². The second-order valence-corrected chi connectivity index (χ2v) is 8.53. The predicted octanol–water partition coefficient (Wildman–Crippen LogP) is 1.30. The van der Waals surface area contributed by atoms with Gasteiger partial charge in [-0.05, 0) is 31.2 Å². The summed E-state index contributed by atoms with van der Waals surface area (Å²) in [6.45, 7) is 5.17. The van der Waals surface area contributed by atoms with Crippen LogP contribution in [-0.4, -0.2) is 67.9 Å². The molecule has 2 aliphatic rings. The molecule has 0 aliphatic carbocycles. The fraction of sp³-hybridized carbons (Fsp3) is 0.688. The number of carbonyl (C=O) groups is 1. The maximum absolute atomic E-state index is 12.6. The van der Waals surface area contributed by atoms with Gasteiger partial charge in [-0.2, -0.15) is 4.31 Å². The molecule has 1 aromatic heterocycles. The molecule has 1 unspecified atom stereocenters. The van der Waals surface area contributed by atoms with Gasteiger partial charge in [0.05, 0.1) is 13.2 Å². The predicted molar refractivity (Wildman–Crippen MR) is 89.3 cm³/mol. The Labute approximate surface area is 143 Å². The van der Waals surface area contributed by atoms with Gasteiger partial charge in [-0.25, -0.2) is 8.42 Å². The molecule has 1 aromatic rings. The first-order valence-electron chi connectivity index (χ1n) is 8.54. The minimum Gasteiger partial charge on any atom is -0.379 e. The lowest BCUT2D eigenvalue weighted by Crippen LogP contribution is -2.40. The molecule has 3 rings (SSSR count). The van der Waals surface area contributed by atoms with Gasteiger partial charge in [0.2, 0.25) is 10.0 Å². The molecule has 2 aliphatic heterocycles. The molecule has 7 nitrogen and oxygen atoms in total. The summed E-state index contributed by atoms with van der Waals surface area (Å²) in [6, 6.07) is 1.46. The Bertz CT molecular complexity index is 679. The third kappa shape index (κ3) is 3.65. The van der Waals surface area contributed by atoms with Crippen LogP contribution in [0.5, 0.6) is 0 Å². The molecular formula is C16H25N3O4S. The van der Waals surface area contributed by atoms with Crippen LogP contribution in [0.25, 0.3) is 0 Å². The summed E-state index contributed by atoms with van der Waals surface area (Å²) in [5.41, 5.74) is 0.344. The van der Waals surface area contributed by atoms with Crippen molar-refractivity contribution in [2.75, 3.05) is 39.4 Å². The molecule has 2 saturated heterocycles. The van der Waals surface area contributed by atoms with E-state index in [-0.39, 0.29) is 10.8 Å². The van der Waals surface area contributed by atoms with Crippen LogP contribution in [-0.2, 0) is 14.8 Å². The summed E-state index contributed by atoms with van der Waals surface area (Å²) in [7, 11) is -3.57. The standard InChI is InChI=1S/C16H25N3O4S/c1-13-3-2-5-18(6-4-13)16(20)15-11-14(12-17-15)24(21,22)19-7-9-23-10-8-19/h11-13,17H,2-10H2,1H3. The fourth-order valence-electron chi connectivity index (χ4n) is 3.22. The van der Waals surface area contributed by atoms with Crippen molar-refractivity contribution < 1.29 is 17.9 Å². The highest BCUT2D eigenvalue weighted by molar-refractivity contribution is 7.89. The molecule has 0 saturated carbocycles. The Kier molecular flexibility index (Phi) is 5.27. The van der Waals surface area contributed by atoms with Gasteiger partial charge in [0, 0.05) is 32.4 Å². The molecule has 1 atom stereocenters. The average molecular weight is 355 g/mol. The van der Waals surface area contributed by atoms with Crippen molar-refractivity contribution in [2.24, 2.45) is 5.92 Å². The van der Waals surface area contributed by atoms with Crippen LogP contribution in [0.1, 0.15) is 36.7 Å². The quantitative estimate of drug-likeness (QED) is 0.886. The van der Waals surface area contributed by atoms with Gasteiger partial charge < -0.3 is 14.6 Å². The lowest BCUT2D eigenvalue weighted by molar-refractivity contribution is 0.0730. The summed E-state index contributed by atoms with van der Waals surface area (Å²) in [5, 5.41) is 0. The highest BCUT2D eigenvalue weighted by Gasteiger charge is 2.29. The first-order chi connectivity index (χ1) is 11.5. The normalized spacial score (nSPS) is 23.9. The molecule has 0 radical (unpaired) electrons. The number of H-pyrrole nitrogens is 1. The van der Waals surface area contributed by atoms with E-state index in [0.29, 0.717) is 37.9 Å². The van der Waals surface area contributed by atoms with Crippen molar-refractivity contribution in [3.63, 3.8) is 0 Å². The summed E-state index contributed by atoms with van der Waals surface area (Å²) >= 11 is 0. The number of sulfonamides is 1. The Hall–Kier alpha value is -1.38. The highest BCUT2D eigenvalue weighted by Crippen LogP contribution is 2.21. The van der Waals surface area contributed by atoms with Gasteiger partial charge in [0.15, 0.2) is 0 Å². The third-order valence-electron chi connectivity index (χ3n) is 4.80. The molecule has 24 heavy (non-hydrogen) atoms. The van der Waals surface area contributed by atoms with Crippen molar-refractivity contribution in [3.8, 4) is 0 Å². The Morgan fingerprint density at radius 1 is 1.21 bits per heavy atom. The van der Waals surface area contributed by atoms with E-state index in [0.717, 1.165) is 32.4 Å². The summed E-state index contributed by atoms with van der Waals surface area (Å²) in [4.78, 5) is 17.5. The van der Waals surface area contributed by atoms with Gasteiger partial charge >= 0.3 is 0 Å². The van der Waals surface area contributed by atoms with E-state index in [1.807, 2.05) is 4.90 Å². The van der Waals surface area contributed by atoms with E-state index in [1.165, 1.54) is 16.6 Å². The van der Waals surface area contributed by atoms with E-state index in [4.69, 9.17) is 4.74 Å². The van der Waals surface area contributed by atoms with Gasteiger partial charge in [0.25, 0.3) is 5.91 Å². The van der Waals surface area contributed by atoms with Crippen LogP contribution >= 0.6 is 0 Å². The van der Waals surface area contributed by atoms with E-state index in [9.17, 15) is 13.2 Å². The van der Waals surface area contributed by atoms with E-state index >= 15 is 0 Å². The number of carbonyl (C=O) groups excluding carboxylic acids is 1. The van der Waals surface area contributed by atoms with Crippen LogP contribution in [0.4, 0.5) is 0 Å². The van der Waals surface area contributed by atoms with Crippen molar-refractivity contribution in [1.29, 1.82) is 0 Å². The zero-order chi connectivity index (χ0) is 17.2. The molecular weight excluding hydrogens is 330 g/mol. The first kappa shape index (κ1) is 17.4. The number of likely N-dealkylation sites (tertiary alicyclic amines) is 1. The highest BCUT2D eigenvalue weighted by atomic mass is 32.2. The number of hydrogen-bond donors (Lipinski definition) is 1. The van der Waals surface area contributed by atoms with E-state index in [2.05, 4.69) is 11.9 Å². The SMILES string of the molecule is CC1CCCN(C(=O)c2cc(S(=O)(=O)N3CCOCC3)c[nH]2)CC1. The van der Waals surface area contributed by atoms with Crippen LogP contribution in [0, 0.1) is 5.92 Å². The summed E-state index contributed by atoms with van der Waals surface area (Å²) < 4.78 is 31.8. The number of morpholine rings is 1. The minimum absolute atomic E-state index is 0.118. The molecule has 0 bridgehead atoms. The number of amides is 1. The molecule has 1 amide bonds. The maximum atomic E-state index is 12.6. The van der Waals surface area contributed by atoms with Crippen LogP contribution in [0.3, 0.4) is 0 Å². The molecule has 134 valence electrons. The lowest BCUT2D eigenvalue weighted by atomic mass is 10.0. The summed E-state index contributed by atoms with van der Waals surface area (Å²) in [5.74, 6) is 0.510. The summed E-state index contributed by atoms with van der Waals surface area (Å²) in [6.07, 6.45) is 4.53.